The number of nitrogens with zero attached hydrogens (tertiary/aromatic N) is 2. The molecule has 2 atom stereocenters. The maximum atomic E-state index is 11.9. The first-order valence-electron chi connectivity index (χ1n) is 7.44. The van der Waals surface area contributed by atoms with E-state index in [0.717, 1.165) is 24.2 Å². The fourth-order valence-corrected chi connectivity index (χ4v) is 3.00. The van der Waals surface area contributed by atoms with E-state index in [2.05, 4.69) is 16.9 Å². The maximum Gasteiger partial charge on any atom is 0.315 e. The number of aromatic nitrogens is 1. The number of carboxylic acid groups (broad SMARTS) is 1. The van der Waals surface area contributed by atoms with E-state index >= 15 is 0 Å². The summed E-state index contributed by atoms with van der Waals surface area (Å²) < 4.78 is 0. The molecule has 1 aliphatic heterocycles. The predicted octanol–water partition coefficient (Wildman–Crippen LogP) is 3.79. The van der Waals surface area contributed by atoms with Crippen LogP contribution in [-0.2, 0) is 4.79 Å². The Labute approximate surface area is 125 Å². The second kappa shape index (κ2) is 6.20. The minimum atomic E-state index is -0.881. The van der Waals surface area contributed by atoms with E-state index < -0.39 is 11.4 Å². The lowest BCUT2D eigenvalue weighted by Crippen LogP contribution is -2.44. The van der Waals surface area contributed by atoms with Gasteiger partial charge in [-0.1, -0.05) is 38.8 Å². The average molecular weight is 286 g/mol. The fraction of sp³-hybridized carbons (Fsp3) is 0.471. The van der Waals surface area contributed by atoms with Gasteiger partial charge in [0.05, 0.1) is 11.4 Å². The Kier molecular flexibility index (Phi) is 4.56. The molecule has 2 heterocycles. The van der Waals surface area contributed by atoms with Crippen LogP contribution in [0.4, 0.5) is 0 Å². The first-order chi connectivity index (χ1) is 10.0. The smallest absolute Gasteiger partial charge is 0.315 e. The highest BCUT2D eigenvalue weighted by Gasteiger charge is 2.47. The number of unbranched alkanes of at least 4 members (excludes halogenated alkanes) is 1. The third-order valence-electron chi connectivity index (χ3n) is 4.35. The molecule has 0 bridgehead atoms. The number of carboxylic acids is 1. The predicted molar refractivity (Wildman–Crippen MR) is 84.1 cm³/mol. The molecule has 0 radical (unpaired) electrons. The molecule has 0 fully saturated rings. The van der Waals surface area contributed by atoms with Crippen molar-refractivity contribution in [1.82, 2.24) is 4.98 Å². The van der Waals surface area contributed by atoms with Gasteiger partial charge in [-0.2, -0.15) is 0 Å². The van der Waals surface area contributed by atoms with Crippen LogP contribution in [0.2, 0.25) is 0 Å². The molecule has 1 aliphatic rings. The molecule has 1 N–H and O–H groups in total. The number of rotatable bonds is 5. The largest absolute Gasteiger partial charge is 0.481 e. The monoisotopic (exact) mass is 286 g/mol. The molecule has 112 valence electrons. The number of aliphatic carboxylic acids is 1. The van der Waals surface area contributed by atoms with Crippen LogP contribution in [0.1, 0.15) is 45.7 Å². The molecule has 0 amide bonds. The van der Waals surface area contributed by atoms with Gasteiger partial charge >= 0.3 is 5.97 Å². The summed E-state index contributed by atoms with van der Waals surface area (Å²) in [7, 11) is 0. The standard InChI is InChI=1S/C17H22N2O2/c1-4-5-9-17(16(20)21)12(2)11-15(19-13(17)3)14-8-6-7-10-18-14/h6-8,10-12H,4-5,9H2,1-3H3,(H,20,21). The number of aliphatic imine (C=N–C) groups is 1. The molecular formula is C17H22N2O2. The average Bonchev–Trinajstić information content (AvgIpc) is 2.47. The van der Waals surface area contributed by atoms with E-state index in [0.29, 0.717) is 12.1 Å². The number of allylic oxidation sites excluding steroid dienone is 1. The van der Waals surface area contributed by atoms with Crippen LogP contribution in [0.25, 0.3) is 5.70 Å². The third-order valence-corrected chi connectivity index (χ3v) is 4.35. The zero-order chi connectivity index (χ0) is 15.5. The van der Waals surface area contributed by atoms with Crippen molar-refractivity contribution in [2.45, 2.75) is 40.0 Å². The highest BCUT2D eigenvalue weighted by molar-refractivity contribution is 6.08. The Morgan fingerprint density at radius 3 is 2.71 bits per heavy atom. The summed E-state index contributed by atoms with van der Waals surface area (Å²) in [4.78, 5) is 20.8. The zero-order valence-electron chi connectivity index (χ0n) is 12.8. The van der Waals surface area contributed by atoms with E-state index in [1.807, 2.05) is 38.1 Å². The van der Waals surface area contributed by atoms with Gasteiger partial charge in [0.15, 0.2) is 0 Å². The molecule has 2 rings (SSSR count). The minimum absolute atomic E-state index is 0.101. The first kappa shape index (κ1) is 15.4. The van der Waals surface area contributed by atoms with Crippen molar-refractivity contribution < 1.29 is 9.90 Å². The number of hydrogen-bond donors (Lipinski definition) is 1. The van der Waals surface area contributed by atoms with Crippen LogP contribution in [0.3, 0.4) is 0 Å². The Morgan fingerprint density at radius 2 is 2.19 bits per heavy atom. The van der Waals surface area contributed by atoms with Gasteiger partial charge in [0, 0.05) is 11.9 Å². The van der Waals surface area contributed by atoms with E-state index in [9.17, 15) is 9.90 Å². The minimum Gasteiger partial charge on any atom is -0.481 e. The van der Waals surface area contributed by atoms with E-state index in [-0.39, 0.29) is 5.92 Å². The Morgan fingerprint density at radius 1 is 1.43 bits per heavy atom. The molecule has 21 heavy (non-hydrogen) atoms. The number of carbonyl (C=O) groups is 1. The molecule has 0 aliphatic carbocycles. The molecule has 0 saturated heterocycles. The second-order valence-electron chi connectivity index (χ2n) is 5.63. The highest BCUT2D eigenvalue weighted by Crippen LogP contribution is 2.41. The molecule has 4 heteroatoms. The molecule has 1 aromatic heterocycles. The molecular weight excluding hydrogens is 264 g/mol. The van der Waals surface area contributed by atoms with Gasteiger partial charge in [0.2, 0.25) is 0 Å². The summed E-state index contributed by atoms with van der Waals surface area (Å²) in [5, 5.41) is 9.79. The third kappa shape index (κ3) is 2.75. The molecule has 4 nitrogen and oxygen atoms in total. The maximum absolute atomic E-state index is 11.9. The van der Waals surface area contributed by atoms with Gasteiger partial charge in [0.1, 0.15) is 5.41 Å². The lowest BCUT2D eigenvalue weighted by atomic mass is 9.68. The first-order valence-corrected chi connectivity index (χ1v) is 7.44. The van der Waals surface area contributed by atoms with E-state index in [1.54, 1.807) is 6.20 Å². The van der Waals surface area contributed by atoms with Crippen molar-refractivity contribution in [3.8, 4) is 0 Å². The topological polar surface area (TPSA) is 62.5 Å². The van der Waals surface area contributed by atoms with Gasteiger partial charge in [-0.25, -0.2) is 0 Å². The quantitative estimate of drug-likeness (QED) is 0.895. The van der Waals surface area contributed by atoms with Crippen LogP contribution < -0.4 is 0 Å². The van der Waals surface area contributed by atoms with Crippen LogP contribution in [0.5, 0.6) is 0 Å². The summed E-state index contributed by atoms with van der Waals surface area (Å²) in [6.45, 7) is 5.87. The molecule has 0 spiro atoms. The summed E-state index contributed by atoms with van der Waals surface area (Å²) in [6, 6.07) is 5.67. The Balaban J connectivity index is 2.41. The Bertz CT molecular complexity index is 578. The lowest BCUT2D eigenvalue weighted by molar-refractivity contribution is -0.146. The summed E-state index contributed by atoms with van der Waals surface area (Å²) in [5.74, 6) is -0.878. The highest BCUT2D eigenvalue weighted by atomic mass is 16.4. The van der Waals surface area contributed by atoms with Crippen LogP contribution in [0, 0.1) is 11.3 Å². The number of hydrogen-bond acceptors (Lipinski definition) is 3. The SMILES string of the molecule is CCCCC1(C(=O)O)C(C)=NC(c2ccccn2)=CC1C. The second-order valence-corrected chi connectivity index (χ2v) is 5.63. The van der Waals surface area contributed by atoms with Crippen LogP contribution in [0.15, 0.2) is 35.5 Å². The van der Waals surface area contributed by atoms with E-state index in [1.165, 1.54) is 0 Å². The summed E-state index contributed by atoms with van der Waals surface area (Å²) in [5.41, 5.74) is 1.36. The van der Waals surface area contributed by atoms with Crippen LogP contribution >= 0.6 is 0 Å². The van der Waals surface area contributed by atoms with Gasteiger partial charge in [0.25, 0.3) is 0 Å². The lowest BCUT2D eigenvalue weighted by Gasteiger charge is -2.36. The summed E-state index contributed by atoms with van der Waals surface area (Å²) >= 11 is 0. The normalized spacial score (nSPS) is 25.2. The molecule has 2 unspecified atom stereocenters. The van der Waals surface area contributed by atoms with Gasteiger partial charge < -0.3 is 5.11 Å². The van der Waals surface area contributed by atoms with Crippen molar-refractivity contribution >= 4 is 17.4 Å². The number of pyridine rings is 1. The van der Waals surface area contributed by atoms with Gasteiger partial charge in [-0.05, 0) is 31.4 Å². The van der Waals surface area contributed by atoms with Gasteiger partial charge in [-0.3, -0.25) is 14.8 Å². The molecule has 0 aromatic carbocycles. The van der Waals surface area contributed by atoms with Gasteiger partial charge in [-0.15, -0.1) is 0 Å². The zero-order valence-corrected chi connectivity index (χ0v) is 12.8. The Hall–Kier alpha value is -1.97. The fourth-order valence-electron chi connectivity index (χ4n) is 3.00. The molecule has 0 saturated carbocycles. The van der Waals surface area contributed by atoms with Crippen molar-refractivity contribution in [2.75, 3.05) is 0 Å². The molecule has 1 aromatic rings. The van der Waals surface area contributed by atoms with Crippen LogP contribution in [-0.4, -0.2) is 21.8 Å². The van der Waals surface area contributed by atoms with Crippen molar-refractivity contribution in [1.29, 1.82) is 0 Å². The van der Waals surface area contributed by atoms with Crippen molar-refractivity contribution in [2.24, 2.45) is 16.3 Å². The summed E-state index contributed by atoms with van der Waals surface area (Å²) in [6.07, 6.45) is 6.16. The van der Waals surface area contributed by atoms with Crippen molar-refractivity contribution in [3.63, 3.8) is 0 Å². The van der Waals surface area contributed by atoms with Crippen molar-refractivity contribution in [3.05, 3.63) is 36.2 Å². The van der Waals surface area contributed by atoms with E-state index in [4.69, 9.17) is 0 Å².